The second-order valence-corrected chi connectivity index (χ2v) is 1.26. The average Bonchev–Trinajstić information content (AvgIpc) is 1.69. The highest BCUT2D eigenvalue weighted by molar-refractivity contribution is 5.95. The summed E-state index contributed by atoms with van der Waals surface area (Å²) in [5, 5.41) is 14.6. The fourth-order valence-corrected chi connectivity index (χ4v) is 0.293. The highest BCUT2D eigenvalue weighted by Crippen LogP contribution is 1.92. The van der Waals surface area contributed by atoms with Crippen molar-refractivity contribution in [3.63, 3.8) is 0 Å². The highest BCUT2D eigenvalue weighted by atomic mass is 16.4. The summed E-state index contributed by atoms with van der Waals surface area (Å²) in [4.78, 5) is 9.94. The van der Waals surface area contributed by atoms with E-state index in [1.54, 1.807) is 6.92 Å². The fraction of sp³-hybridized carbons (Fsp3) is 0.400. The Balaban J connectivity index is 4.14. The lowest BCUT2D eigenvalue weighted by Gasteiger charge is -1.86. The van der Waals surface area contributed by atoms with Gasteiger partial charge in [0.15, 0.2) is 0 Å². The molecule has 0 atom stereocenters. The zero-order chi connectivity index (χ0) is 6.57. The summed E-state index contributed by atoms with van der Waals surface area (Å²) >= 11 is 0. The molecule has 3 nitrogen and oxygen atoms in total. The summed E-state index contributed by atoms with van der Waals surface area (Å²) in [5.74, 6) is 0.765. The van der Waals surface area contributed by atoms with Gasteiger partial charge in [-0.1, -0.05) is 6.92 Å². The van der Waals surface area contributed by atoms with Gasteiger partial charge in [0.1, 0.15) is 0 Å². The van der Waals surface area contributed by atoms with Gasteiger partial charge >= 0.3 is 5.97 Å². The Hall–Kier alpha value is -1.08. The van der Waals surface area contributed by atoms with Crippen LogP contribution in [0.4, 0.5) is 0 Å². The van der Waals surface area contributed by atoms with Crippen LogP contribution in [-0.4, -0.2) is 16.9 Å². The maximum atomic E-state index is 9.94. The van der Waals surface area contributed by atoms with Crippen LogP contribution in [0, 0.1) is 5.41 Å². The fourth-order valence-electron chi connectivity index (χ4n) is 0.293. The van der Waals surface area contributed by atoms with Crippen molar-refractivity contribution in [3.8, 4) is 0 Å². The van der Waals surface area contributed by atoms with Crippen molar-refractivity contribution < 1.29 is 9.90 Å². The molecule has 0 aromatic carbocycles. The van der Waals surface area contributed by atoms with E-state index in [4.69, 9.17) is 10.5 Å². The smallest absolute Gasteiger partial charge is 0.340 e. The van der Waals surface area contributed by atoms with Gasteiger partial charge in [0, 0.05) is 0 Å². The Morgan fingerprint density at radius 3 is 2.38 bits per heavy atom. The van der Waals surface area contributed by atoms with E-state index in [-0.39, 0.29) is 5.57 Å². The molecular formula is C5H7NO2. The third kappa shape index (κ3) is 1.58. The average molecular weight is 113 g/mol. The van der Waals surface area contributed by atoms with E-state index >= 15 is 0 Å². The van der Waals surface area contributed by atoms with Gasteiger partial charge in [-0.05, 0) is 12.3 Å². The topological polar surface area (TPSA) is 61.2 Å². The summed E-state index contributed by atoms with van der Waals surface area (Å²) in [6, 6.07) is 0. The van der Waals surface area contributed by atoms with Crippen molar-refractivity contribution in [3.05, 3.63) is 5.57 Å². The predicted octanol–water partition coefficient (Wildman–Crippen LogP) is 0.656. The number of rotatable bonds is 2. The highest BCUT2D eigenvalue weighted by Gasteiger charge is 2.00. The van der Waals surface area contributed by atoms with Crippen molar-refractivity contribution in [2.75, 3.05) is 0 Å². The Labute approximate surface area is 47.2 Å². The minimum Gasteiger partial charge on any atom is -0.477 e. The van der Waals surface area contributed by atoms with Crippen LogP contribution in [0.25, 0.3) is 0 Å². The van der Waals surface area contributed by atoms with Crippen molar-refractivity contribution in [1.82, 2.24) is 0 Å². The zero-order valence-electron chi connectivity index (χ0n) is 4.56. The van der Waals surface area contributed by atoms with E-state index < -0.39 is 5.97 Å². The van der Waals surface area contributed by atoms with Crippen molar-refractivity contribution in [1.29, 1.82) is 5.41 Å². The lowest BCUT2D eigenvalue weighted by Crippen LogP contribution is -1.98. The quantitative estimate of drug-likeness (QED) is 0.408. The van der Waals surface area contributed by atoms with Crippen LogP contribution in [0.15, 0.2) is 5.57 Å². The van der Waals surface area contributed by atoms with Gasteiger partial charge < -0.3 is 5.11 Å². The SMILES string of the molecule is CCC(=C=N)C(=O)O. The maximum absolute atomic E-state index is 9.94. The molecule has 0 aromatic heterocycles. The molecule has 0 amide bonds. The van der Waals surface area contributed by atoms with Crippen molar-refractivity contribution >= 4 is 11.8 Å². The molecule has 44 valence electrons. The van der Waals surface area contributed by atoms with Gasteiger partial charge in [-0.15, -0.1) is 0 Å². The Morgan fingerprint density at radius 1 is 1.88 bits per heavy atom. The zero-order valence-corrected chi connectivity index (χ0v) is 4.56. The van der Waals surface area contributed by atoms with Crippen LogP contribution in [0.1, 0.15) is 13.3 Å². The molecule has 0 aliphatic rings. The number of carboxylic acids is 1. The number of carboxylic acid groups (broad SMARTS) is 1. The minimum atomic E-state index is -1.05. The van der Waals surface area contributed by atoms with E-state index in [0.717, 1.165) is 0 Å². The summed E-state index contributed by atoms with van der Waals surface area (Å²) in [6.45, 7) is 1.67. The van der Waals surface area contributed by atoms with E-state index in [9.17, 15) is 4.79 Å². The van der Waals surface area contributed by atoms with Gasteiger partial charge in [0.2, 0.25) is 0 Å². The first-order valence-electron chi connectivity index (χ1n) is 2.24. The van der Waals surface area contributed by atoms with Crippen molar-refractivity contribution in [2.24, 2.45) is 0 Å². The summed E-state index contributed by atoms with van der Waals surface area (Å²) < 4.78 is 0. The molecule has 0 unspecified atom stereocenters. The van der Waals surface area contributed by atoms with E-state index in [1.165, 1.54) is 0 Å². The number of nitrogens with one attached hydrogen (secondary N) is 1. The van der Waals surface area contributed by atoms with E-state index in [0.29, 0.717) is 6.42 Å². The standard InChI is InChI=1S/C5H7NO2/c1-2-4(3-6)5(7)8/h6H,2H2,1H3,(H,7,8). The molecule has 0 rings (SSSR count). The molecule has 0 saturated heterocycles. The number of hydrogen-bond donors (Lipinski definition) is 2. The minimum absolute atomic E-state index is 0.0185. The van der Waals surface area contributed by atoms with Gasteiger partial charge in [0.25, 0.3) is 0 Å². The number of aliphatic carboxylic acids is 1. The molecule has 0 saturated carbocycles. The Bertz CT molecular complexity index is 145. The third-order valence-corrected chi connectivity index (χ3v) is 0.763. The molecule has 8 heavy (non-hydrogen) atoms. The Morgan fingerprint density at radius 2 is 2.38 bits per heavy atom. The first-order chi connectivity index (χ1) is 3.72. The first kappa shape index (κ1) is 6.92. The molecule has 3 heteroatoms. The van der Waals surface area contributed by atoms with Crippen LogP contribution in [0.3, 0.4) is 0 Å². The van der Waals surface area contributed by atoms with E-state index in [2.05, 4.69) is 0 Å². The lowest BCUT2D eigenvalue weighted by molar-refractivity contribution is -0.132. The van der Waals surface area contributed by atoms with Crippen LogP contribution < -0.4 is 0 Å². The lowest BCUT2D eigenvalue weighted by atomic mass is 10.2. The van der Waals surface area contributed by atoms with Crippen LogP contribution in [0.5, 0.6) is 0 Å². The van der Waals surface area contributed by atoms with Crippen LogP contribution in [0.2, 0.25) is 0 Å². The molecule has 0 aliphatic heterocycles. The molecular weight excluding hydrogens is 106 g/mol. The molecule has 0 heterocycles. The van der Waals surface area contributed by atoms with Gasteiger partial charge in [-0.2, -0.15) is 0 Å². The van der Waals surface area contributed by atoms with Crippen molar-refractivity contribution in [2.45, 2.75) is 13.3 Å². The maximum Gasteiger partial charge on any atom is 0.340 e. The molecule has 0 spiro atoms. The molecule has 0 aromatic rings. The summed E-state index contributed by atoms with van der Waals surface area (Å²) in [5.41, 5.74) is 0.0185. The second-order valence-electron chi connectivity index (χ2n) is 1.26. The first-order valence-corrected chi connectivity index (χ1v) is 2.24. The molecule has 0 aliphatic carbocycles. The Kier molecular flexibility index (Phi) is 2.59. The monoisotopic (exact) mass is 113 g/mol. The third-order valence-electron chi connectivity index (χ3n) is 0.763. The number of carbonyl (C=O) groups is 1. The largest absolute Gasteiger partial charge is 0.477 e. The van der Waals surface area contributed by atoms with Crippen LogP contribution >= 0.6 is 0 Å². The normalized spacial score (nSPS) is 7.62. The van der Waals surface area contributed by atoms with Gasteiger partial charge in [-0.3, -0.25) is 5.41 Å². The summed E-state index contributed by atoms with van der Waals surface area (Å²) in [6.07, 6.45) is 0.360. The van der Waals surface area contributed by atoms with E-state index in [1.807, 2.05) is 5.87 Å². The van der Waals surface area contributed by atoms with Crippen LogP contribution in [-0.2, 0) is 4.79 Å². The molecule has 0 fully saturated rings. The molecule has 2 N–H and O–H groups in total. The predicted molar refractivity (Wildman–Crippen MR) is 29.2 cm³/mol. The molecule has 0 radical (unpaired) electrons. The van der Waals surface area contributed by atoms with Gasteiger partial charge in [-0.25, -0.2) is 4.79 Å². The number of hydrogen-bond acceptors (Lipinski definition) is 2. The molecule has 0 bridgehead atoms. The van der Waals surface area contributed by atoms with Gasteiger partial charge in [0.05, 0.1) is 5.57 Å². The summed E-state index contributed by atoms with van der Waals surface area (Å²) in [7, 11) is 0. The second kappa shape index (κ2) is 2.99.